The van der Waals surface area contributed by atoms with Crippen molar-refractivity contribution in [3.05, 3.63) is 0 Å². The molecule has 3 nitrogen and oxygen atoms in total. The second kappa shape index (κ2) is 6.39. The number of nitrogens with one attached hydrogen (secondary N) is 1. The summed E-state index contributed by atoms with van der Waals surface area (Å²) in [5.41, 5.74) is 5.58. The van der Waals surface area contributed by atoms with E-state index in [-0.39, 0.29) is 11.3 Å². The molecule has 1 saturated carbocycles. The molecular weight excluding hydrogens is 212 g/mol. The highest BCUT2D eigenvalue weighted by Gasteiger charge is 2.39. The molecule has 3 N–H and O–H groups in total. The minimum Gasteiger partial charge on any atom is -0.356 e. The van der Waals surface area contributed by atoms with Crippen LogP contribution in [0.4, 0.5) is 0 Å². The molecule has 1 rings (SSSR count). The molecule has 1 fully saturated rings. The fraction of sp³-hybridized carbons (Fsp3) is 0.929. The van der Waals surface area contributed by atoms with Gasteiger partial charge in [0.1, 0.15) is 0 Å². The Morgan fingerprint density at radius 3 is 2.47 bits per heavy atom. The van der Waals surface area contributed by atoms with Gasteiger partial charge in [-0.25, -0.2) is 0 Å². The molecule has 0 aromatic rings. The number of carbonyl (C=O) groups excluding carboxylic acids is 1. The fourth-order valence-electron chi connectivity index (χ4n) is 2.50. The lowest BCUT2D eigenvalue weighted by Crippen LogP contribution is -2.48. The molecule has 0 bridgehead atoms. The van der Waals surface area contributed by atoms with Crippen LogP contribution in [0.25, 0.3) is 0 Å². The Morgan fingerprint density at radius 1 is 1.41 bits per heavy atom. The molecule has 0 unspecified atom stereocenters. The maximum Gasteiger partial charge on any atom is 0.227 e. The van der Waals surface area contributed by atoms with Gasteiger partial charge in [-0.3, -0.25) is 4.79 Å². The van der Waals surface area contributed by atoms with Crippen molar-refractivity contribution in [3.63, 3.8) is 0 Å². The van der Waals surface area contributed by atoms with Crippen LogP contribution in [0.1, 0.15) is 52.9 Å². The second-order valence-electron chi connectivity index (χ2n) is 6.11. The van der Waals surface area contributed by atoms with Gasteiger partial charge in [0.25, 0.3) is 0 Å². The summed E-state index contributed by atoms with van der Waals surface area (Å²) in [7, 11) is 0. The van der Waals surface area contributed by atoms with E-state index in [9.17, 15) is 4.79 Å². The van der Waals surface area contributed by atoms with Gasteiger partial charge >= 0.3 is 0 Å². The molecule has 0 saturated heterocycles. The molecule has 1 aliphatic rings. The zero-order valence-corrected chi connectivity index (χ0v) is 11.6. The van der Waals surface area contributed by atoms with Crippen molar-refractivity contribution in [2.24, 2.45) is 23.0 Å². The molecule has 0 atom stereocenters. The Balaban J connectivity index is 2.46. The van der Waals surface area contributed by atoms with E-state index in [1.807, 2.05) is 0 Å². The van der Waals surface area contributed by atoms with Gasteiger partial charge < -0.3 is 11.1 Å². The number of rotatable bonds is 5. The van der Waals surface area contributed by atoms with Crippen LogP contribution in [0, 0.1) is 17.3 Å². The van der Waals surface area contributed by atoms with Crippen LogP contribution in [0.2, 0.25) is 0 Å². The molecule has 17 heavy (non-hydrogen) atoms. The van der Waals surface area contributed by atoms with E-state index in [0.717, 1.165) is 44.6 Å². The Morgan fingerprint density at radius 2 is 2.00 bits per heavy atom. The van der Waals surface area contributed by atoms with Crippen molar-refractivity contribution in [1.82, 2.24) is 5.32 Å². The molecule has 0 spiro atoms. The minimum absolute atomic E-state index is 0.188. The highest BCUT2D eigenvalue weighted by atomic mass is 16.2. The van der Waals surface area contributed by atoms with Crippen LogP contribution < -0.4 is 11.1 Å². The summed E-state index contributed by atoms with van der Waals surface area (Å²) in [6, 6.07) is 0. The SMILES string of the molecule is CC(C)CCNC(=O)C1(CN)CCC(C)CC1. The molecule has 100 valence electrons. The Kier molecular flexibility index (Phi) is 5.44. The second-order valence-corrected chi connectivity index (χ2v) is 6.11. The van der Waals surface area contributed by atoms with Crippen molar-refractivity contribution in [3.8, 4) is 0 Å². The highest BCUT2D eigenvalue weighted by Crippen LogP contribution is 2.38. The molecule has 1 amide bonds. The Bertz CT molecular complexity index is 243. The minimum atomic E-state index is -0.274. The van der Waals surface area contributed by atoms with E-state index in [4.69, 9.17) is 5.73 Å². The zero-order valence-electron chi connectivity index (χ0n) is 11.6. The number of carbonyl (C=O) groups is 1. The topological polar surface area (TPSA) is 55.1 Å². The summed E-state index contributed by atoms with van der Waals surface area (Å²) < 4.78 is 0. The van der Waals surface area contributed by atoms with Gasteiger partial charge in [-0.05, 0) is 43.9 Å². The first-order chi connectivity index (χ1) is 8.00. The van der Waals surface area contributed by atoms with Gasteiger partial charge in [0.05, 0.1) is 5.41 Å². The van der Waals surface area contributed by atoms with Gasteiger partial charge in [-0.1, -0.05) is 20.8 Å². The lowest BCUT2D eigenvalue weighted by Gasteiger charge is -2.37. The third kappa shape index (κ3) is 3.98. The average molecular weight is 240 g/mol. The number of amides is 1. The first-order valence-corrected chi connectivity index (χ1v) is 6.98. The van der Waals surface area contributed by atoms with E-state index >= 15 is 0 Å². The van der Waals surface area contributed by atoms with Gasteiger partial charge in [0.15, 0.2) is 0 Å². The van der Waals surface area contributed by atoms with Crippen LogP contribution in [0.15, 0.2) is 0 Å². The number of hydrogen-bond acceptors (Lipinski definition) is 2. The van der Waals surface area contributed by atoms with Crippen molar-refractivity contribution >= 4 is 5.91 Å². The molecule has 3 heteroatoms. The van der Waals surface area contributed by atoms with E-state index in [2.05, 4.69) is 26.1 Å². The fourth-order valence-corrected chi connectivity index (χ4v) is 2.50. The molecule has 0 radical (unpaired) electrons. The van der Waals surface area contributed by atoms with Crippen molar-refractivity contribution in [2.75, 3.05) is 13.1 Å². The third-order valence-electron chi connectivity index (χ3n) is 4.11. The lowest BCUT2D eigenvalue weighted by molar-refractivity contribution is -0.132. The summed E-state index contributed by atoms with van der Waals surface area (Å²) in [5, 5.41) is 3.07. The van der Waals surface area contributed by atoms with Crippen molar-refractivity contribution in [1.29, 1.82) is 0 Å². The van der Waals surface area contributed by atoms with Crippen LogP contribution in [0.5, 0.6) is 0 Å². The largest absolute Gasteiger partial charge is 0.356 e. The molecule has 0 aliphatic heterocycles. The van der Waals surface area contributed by atoms with E-state index in [1.165, 1.54) is 0 Å². The van der Waals surface area contributed by atoms with Crippen molar-refractivity contribution in [2.45, 2.75) is 52.9 Å². The third-order valence-corrected chi connectivity index (χ3v) is 4.11. The van der Waals surface area contributed by atoms with Gasteiger partial charge in [0.2, 0.25) is 5.91 Å². The van der Waals surface area contributed by atoms with Crippen LogP contribution >= 0.6 is 0 Å². The lowest BCUT2D eigenvalue weighted by atomic mass is 9.70. The molecular formula is C14H28N2O. The van der Waals surface area contributed by atoms with E-state index in [1.54, 1.807) is 0 Å². The van der Waals surface area contributed by atoms with Crippen molar-refractivity contribution < 1.29 is 4.79 Å². The van der Waals surface area contributed by atoms with Gasteiger partial charge in [0, 0.05) is 13.1 Å². The summed E-state index contributed by atoms with van der Waals surface area (Å²) in [6.45, 7) is 7.89. The molecule has 0 heterocycles. The summed E-state index contributed by atoms with van der Waals surface area (Å²) in [4.78, 5) is 12.2. The molecule has 0 aromatic heterocycles. The molecule has 0 aromatic carbocycles. The maximum absolute atomic E-state index is 12.2. The predicted molar refractivity (Wildman–Crippen MR) is 71.6 cm³/mol. The summed E-state index contributed by atoms with van der Waals surface area (Å²) in [5.74, 6) is 1.57. The Hall–Kier alpha value is -0.570. The van der Waals surface area contributed by atoms with E-state index < -0.39 is 0 Å². The van der Waals surface area contributed by atoms with E-state index in [0.29, 0.717) is 12.5 Å². The zero-order chi connectivity index (χ0) is 12.9. The smallest absolute Gasteiger partial charge is 0.227 e. The summed E-state index contributed by atoms with van der Waals surface area (Å²) >= 11 is 0. The first kappa shape index (κ1) is 14.5. The highest BCUT2D eigenvalue weighted by molar-refractivity contribution is 5.83. The van der Waals surface area contributed by atoms with Gasteiger partial charge in [-0.2, -0.15) is 0 Å². The van der Waals surface area contributed by atoms with Crippen LogP contribution in [-0.2, 0) is 4.79 Å². The van der Waals surface area contributed by atoms with Crippen LogP contribution in [-0.4, -0.2) is 19.0 Å². The maximum atomic E-state index is 12.2. The normalized spacial score (nSPS) is 29.4. The Labute approximate surface area is 106 Å². The number of nitrogens with two attached hydrogens (primary N) is 1. The quantitative estimate of drug-likeness (QED) is 0.774. The standard InChI is InChI=1S/C14H28N2O/c1-11(2)6-9-16-13(17)14(10-15)7-4-12(3)5-8-14/h11-12H,4-10,15H2,1-3H3,(H,16,17). The average Bonchev–Trinajstić information content (AvgIpc) is 2.30. The van der Waals surface area contributed by atoms with Crippen LogP contribution in [0.3, 0.4) is 0 Å². The van der Waals surface area contributed by atoms with Gasteiger partial charge in [-0.15, -0.1) is 0 Å². The number of hydrogen-bond donors (Lipinski definition) is 2. The summed E-state index contributed by atoms with van der Waals surface area (Å²) in [6.07, 6.45) is 5.22. The first-order valence-electron chi connectivity index (χ1n) is 6.98. The molecule has 1 aliphatic carbocycles. The predicted octanol–water partition coefficient (Wildman–Crippen LogP) is 2.30. The monoisotopic (exact) mass is 240 g/mol.